The molecule has 0 radical (unpaired) electrons. The van der Waals surface area contributed by atoms with E-state index in [0.717, 1.165) is 24.9 Å². The largest absolute Gasteiger partial charge is 0.269 e. The number of hydrogen-bond acceptors (Lipinski definition) is 2. The number of nitrogens with two attached hydrogens (primary N) is 1. The topological polar surface area (TPSA) is 29.3 Å². The number of rotatable bonds is 22. The van der Waals surface area contributed by atoms with Crippen molar-refractivity contribution in [1.29, 1.82) is 0 Å². The van der Waals surface area contributed by atoms with Crippen LogP contribution in [-0.4, -0.2) is 18.1 Å². The third kappa shape index (κ3) is 24.0. The van der Waals surface area contributed by atoms with Crippen LogP contribution in [0.1, 0.15) is 143 Å². The minimum atomic E-state index is 0.878. The summed E-state index contributed by atoms with van der Waals surface area (Å²) in [4.78, 5) is 0. The Morgan fingerprint density at radius 2 is 0.679 bits per heavy atom. The fourth-order valence-corrected chi connectivity index (χ4v) is 3.97. The lowest BCUT2D eigenvalue weighted by molar-refractivity contribution is 0.268. The summed E-state index contributed by atoms with van der Waals surface area (Å²) < 4.78 is 0. The van der Waals surface area contributed by atoms with E-state index in [2.05, 4.69) is 32.7 Å². The van der Waals surface area contributed by atoms with Gasteiger partial charge in [-0.1, -0.05) is 130 Å². The van der Waals surface area contributed by atoms with Gasteiger partial charge in [-0.3, -0.25) is 5.84 Å². The lowest BCUT2D eigenvalue weighted by atomic mass is 10.0. The molecule has 0 aliphatic carbocycles. The second-order valence-corrected chi connectivity index (χ2v) is 10.1. The quantitative estimate of drug-likeness (QED) is 0.113. The lowest BCUT2D eigenvalue weighted by Crippen LogP contribution is -2.32. The fraction of sp³-hybridized carbons (Fsp3) is 1.00. The average Bonchev–Trinajstić information content (AvgIpc) is 2.64. The predicted octanol–water partition coefficient (Wildman–Crippen LogP) is 8.50. The van der Waals surface area contributed by atoms with Crippen LogP contribution in [0.15, 0.2) is 0 Å². The smallest absolute Gasteiger partial charge is 0.0128 e. The van der Waals surface area contributed by atoms with Crippen LogP contribution >= 0.6 is 0 Å². The van der Waals surface area contributed by atoms with Crippen LogP contribution in [0, 0.1) is 11.8 Å². The summed E-state index contributed by atoms with van der Waals surface area (Å²) in [7, 11) is 0. The summed E-state index contributed by atoms with van der Waals surface area (Å²) in [6, 6.07) is 0. The van der Waals surface area contributed by atoms with Gasteiger partial charge in [0, 0.05) is 13.1 Å². The highest BCUT2D eigenvalue weighted by molar-refractivity contribution is 4.54. The highest BCUT2D eigenvalue weighted by atomic mass is 15.4. The van der Waals surface area contributed by atoms with E-state index in [0.29, 0.717) is 0 Å². The zero-order chi connectivity index (χ0) is 20.9. The Morgan fingerprint density at radius 3 is 0.964 bits per heavy atom. The molecule has 0 rings (SSSR count). The third-order valence-corrected chi connectivity index (χ3v) is 5.95. The normalized spacial score (nSPS) is 12.0. The molecular weight excluding hydrogens is 340 g/mol. The van der Waals surface area contributed by atoms with Gasteiger partial charge in [-0.05, 0) is 24.7 Å². The third-order valence-electron chi connectivity index (χ3n) is 5.95. The van der Waals surface area contributed by atoms with Crippen molar-refractivity contribution >= 4 is 0 Å². The van der Waals surface area contributed by atoms with Crippen LogP contribution in [0.25, 0.3) is 0 Å². The number of unbranched alkanes of at least 4 members (excludes halogenated alkanes) is 14. The molecule has 2 heteroatoms. The van der Waals surface area contributed by atoms with Crippen LogP contribution in [0.2, 0.25) is 0 Å². The molecule has 0 saturated heterocycles. The van der Waals surface area contributed by atoms with E-state index in [9.17, 15) is 0 Å². The maximum Gasteiger partial charge on any atom is 0.0128 e. The fourth-order valence-electron chi connectivity index (χ4n) is 3.97. The zero-order valence-corrected chi connectivity index (χ0v) is 20.3. The van der Waals surface area contributed by atoms with E-state index < -0.39 is 0 Å². The first-order valence-electron chi connectivity index (χ1n) is 13.0. The predicted molar refractivity (Wildman–Crippen MR) is 129 cm³/mol. The van der Waals surface area contributed by atoms with Gasteiger partial charge < -0.3 is 0 Å². The molecule has 0 heterocycles. The summed E-state index contributed by atoms with van der Waals surface area (Å²) in [5, 5.41) is 2.07. The molecule has 0 fully saturated rings. The SMILES string of the molecule is CC(C)CCCCCCCCCCN(N)CCCCCCCCCCC(C)C. The van der Waals surface area contributed by atoms with Crippen molar-refractivity contribution < 1.29 is 0 Å². The molecule has 2 N–H and O–H groups in total. The molecule has 0 unspecified atom stereocenters. The van der Waals surface area contributed by atoms with Crippen LogP contribution in [0.5, 0.6) is 0 Å². The van der Waals surface area contributed by atoms with E-state index in [-0.39, 0.29) is 0 Å². The van der Waals surface area contributed by atoms with Crippen molar-refractivity contribution in [2.45, 2.75) is 143 Å². The molecule has 0 spiro atoms. The van der Waals surface area contributed by atoms with E-state index >= 15 is 0 Å². The first kappa shape index (κ1) is 27.9. The monoisotopic (exact) mass is 396 g/mol. The number of hydrogen-bond donors (Lipinski definition) is 1. The summed E-state index contributed by atoms with van der Waals surface area (Å²) >= 11 is 0. The molecule has 0 aliphatic heterocycles. The molecular formula is C26H56N2. The van der Waals surface area contributed by atoms with Gasteiger partial charge in [0.15, 0.2) is 0 Å². The second kappa shape index (κ2) is 21.6. The summed E-state index contributed by atoms with van der Waals surface area (Å²) in [5.41, 5.74) is 0. The summed E-state index contributed by atoms with van der Waals surface area (Å²) in [6.45, 7) is 11.5. The van der Waals surface area contributed by atoms with Crippen molar-refractivity contribution in [2.75, 3.05) is 13.1 Å². The number of nitrogens with zero attached hydrogens (tertiary/aromatic N) is 1. The first-order valence-corrected chi connectivity index (χ1v) is 13.0. The minimum absolute atomic E-state index is 0.878. The Balaban J connectivity index is 3.16. The molecule has 0 aromatic carbocycles. The molecule has 0 aromatic rings. The standard InChI is InChI=1S/C26H56N2/c1-25(2)21-17-13-9-5-7-11-15-19-23-28(27)24-20-16-12-8-6-10-14-18-22-26(3)4/h25-26H,5-24,27H2,1-4H3. The van der Waals surface area contributed by atoms with Crippen LogP contribution in [-0.2, 0) is 0 Å². The summed E-state index contributed by atoms with van der Waals surface area (Å²) in [5.74, 6) is 7.90. The molecule has 2 nitrogen and oxygen atoms in total. The Bertz CT molecular complexity index is 260. The van der Waals surface area contributed by atoms with Crippen LogP contribution < -0.4 is 5.84 Å². The lowest BCUT2D eigenvalue weighted by Gasteiger charge is -2.16. The maximum absolute atomic E-state index is 6.15. The zero-order valence-electron chi connectivity index (χ0n) is 20.3. The maximum atomic E-state index is 6.15. The van der Waals surface area contributed by atoms with Gasteiger partial charge >= 0.3 is 0 Å². The first-order chi connectivity index (χ1) is 13.5. The highest BCUT2D eigenvalue weighted by Crippen LogP contribution is 2.14. The molecule has 0 aromatic heterocycles. The van der Waals surface area contributed by atoms with E-state index in [1.54, 1.807) is 0 Å². The van der Waals surface area contributed by atoms with E-state index in [1.165, 1.54) is 116 Å². The van der Waals surface area contributed by atoms with Crippen LogP contribution in [0.4, 0.5) is 0 Å². The number of hydrazine groups is 1. The molecule has 170 valence electrons. The molecule has 0 saturated carbocycles. The van der Waals surface area contributed by atoms with Gasteiger partial charge in [-0.15, -0.1) is 0 Å². The average molecular weight is 397 g/mol. The van der Waals surface area contributed by atoms with E-state index in [1.807, 2.05) is 0 Å². The van der Waals surface area contributed by atoms with Crippen molar-refractivity contribution in [3.63, 3.8) is 0 Å². The highest BCUT2D eigenvalue weighted by Gasteiger charge is 2.00. The van der Waals surface area contributed by atoms with E-state index in [4.69, 9.17) is 5.84 Å². The van der Waals surface area contributed by atoms with Crippen LogP contribution in [0.3, 0.4) is 0 Å². The Hall–Kier alpha value is -0.0800. The molecule has 0 amide bonds. The Kier molecular flexibility index (Phi) is 21.6. The van der Waals surface area contributed by atoms with Gasteiger partial charge in [0.1, 0.15) is 0 Å². The molecule has 0 bridgehead atoms. The minimum Gasteiger partial charge on any atom is -0.269 e. The van der Waals surface area contributed by atoms with Gasteiger partial charge in [-0.2, -0.15) is 0 Å². The van der Waals surface area contributed by atoms with Gasteiger partial charge in [0.05, 0.1) is 0 Å². The van der Waals surface area contributed by atoms with Crippen molar-refractivity contribution in [2.24, 2.45) is 17.7 Å². The van der Waals surface area contributed by atoms with Gasteiger partial charge in [-0.25, -0.2) is 5.01 Å². The molecule has 28 heavy (non-hydrogen) atoms. The van der Waals surface area contributed by atoms with Crippen molar-refractivity contribution in [3.05, 3.63) is 0 Å². The summed E-state index contributed by atoms with van der Waals surface area (Å²) in [6.07, 6.45) is 25.2. The van der Waals surface area contributed by atoms with Gasteiger partial charge in [0.2, 0.25) is 0 Å². The van der Waals surface area contributed by atoms with Gasteiger partial charge in [0.25, 0.3) is 0 Å². The molecule has 0 aliphatic rings. The Labute approximate surface area is 179 Å². The Morgan fingerprint density at radius 1 is 0.429 bits per heavy atom. The van der Waals surface area contributed by atoms with Crippen molar-refractivity contribution in [3.8, 4) is 0 Å². The van der Waals surface area contributed by atoms with Crippen molar-refractivity contribution in [1.82, 2.24) is 5.01 Å². The molecule has 0 atom stereocenters. The second-order valence-electron chi connectivity index (χ2n) is 10.1.